The molecule has 1 N–H and O–H groups in total. The van der Waals surface area contributed by atoms with Crippen molar-refractivity contribution in [2.24, 2.45) is 5.92 Å². The highest BCUT2D eigenvalue weighted by molar-refractivity contribution is 5.75. The van der Waals surface area contributed by atoms with Crippen LogP contribution in [0.2, 0.25) is 0 Å². The van der Waals surface area contributed by atoms with Crippen LogP contribution in [0.5, 0.6) is 0 Å². The van der Waals surface area contributed by atoms with Crippen LogP contribution in [0.15, 0.2) is 0 Å². The summed E-state index contributed by atoms with van der Waals surface area (Å²) in [5.74, 6) is -1.56. The molecule has 14 heavy (non-hydrogen) atoms. The quantitative estimate of drug-likeness (QED) is 0.672. The molecule has 5 heteroatoms. The molecule has 0 aromatic heterocycles. The lowest BCUT2D eigenvalue weighted by Gasteiger charge is -2.24. The summed E-state index contributed by atoms with van der Waals surface area (Å²) in [7, 11) is 0. The van der Waals surface area contributed by atoms with Gasteiger partial charge in [-0.25, -0.2) is 4.79 Å². The molecule has 0 aromatic carbocycles. The van der Waals surface area contributed by atoms with Crippen LogP contribution >= 0.6 is 0 Å². The number of esters is 1. The minimum Gasteiger partial charge on any atom is -0.479 e. The molecule has 1 rings (SSSR count). The molecule has 5 nitrogen and oxygen atoms in total. The summed E-state index contributed by atoms with van der Waals surface area (Å²) in [6.45, 7) is 2.23. The number of carboxylic acid groups (broad SMARTS) is 1. The van der Waals surface area contributed by atoms with Crippen LogP contribution in [0.4, 0.5) is 0 Å². The average molecular weight is 202 g/mol. The fourth-order valence-corrected chi connectivity index (χ4v) is 1.39. The average Bonchev–Trinajstić information content (AvgIpc) is 2.18. The van der Waals surface area contributed by atoms with Crippen molar-refractivity contribution >= 4 is 11.9 Å². The predicted octanol–water partition coefficient (Wildman–Crippen LogP) is 0.429. The van der Waals surface area contributed by atoms with Crippen molar-refractivity contribution in [3.05, 3.63) is 0 Å². The summed E-state index contributed by atoms with van der Waals surface area (Å²) in [5.41, 5.74) is 0. The van der Waals surface area contributed by atoms with Crippen LogP contribution in [-0.2, 0) is 19.1 Å². The van der Waals surface area contributed by atoms with E-state index in [1.807, 2.05) is 0 Å². The molecule has 1 fully saturated rings. The van der Waals surface area contributed by atoms with E-state index >= 15 is 0 Å². The third-order valence-corrected chi connectivity index (χ3v) is 2.17. The van der Waals surface area contributed by atoms with Gasteiger partial charge in [0.15, 0.2) is 6.10 Å². The third kappa shape index (κ3) is 2.70. The number of carbonyl (C=O) groups is 2. The van der Waals surface area contributed by atoms with Gasteiger partial charge in [0.1, 0.15) is 0 Å². The molecule has 0 bridgehead atoms. The first kappa shape index (κ1) is 11.0. The minimum atomic E-state index is -0.965. The standard InChI is InChI=1S/C9H14O5/c1-2-13-9(12)6-3-4-7(8(10)11)14-5-6/h6-7H,2-5H2,1H3,(H,10,11)/t6-,7+/m1/s1. The maximum Gasteiger partial charge on any atom is 0.332 e. The Bertz CT molecular complexity index is 217. The number of carbonyl (C=O) groups excluding carboxylic acids is 1. The van der Waals surface area contributed by atoms with Gasteiger partial charge in [0.25, 0.3) is 0 Å². The summed E-state index contributed by atoms with van der Waals surface area (Å²) in [4.78, 5) is 21.7. The molecule has 0 amide bonds. The molecule has 2 atom stereocenters. The van der Waals surface area contributed by atoms with Gasteiger partial charge in [-0.15, -0.1) is 0 Å². The van der Waals surface area contributed by atoms with Crippen molar-refractivity contribution in [1.29, 1.82) is 0 Å². The molecule has 0 aliphatic carbocycles. The Morgan fingerprint density at radius 1 is 1.50 bits per heavy atom. The van der Waals surface area contributed by atoms with Gasteiger partial charge in [0.05, 0.1) is 19.1 Å². The van der Waals surface area contributed by atoms with E-state index < -0.39 is 12.1 Å². The lowest BCUT2D eigenvalue weighted by molar-refractivity contribution is -0.164. The molecule has 1 aliphatic rings. The normalized spacial score (nSPS) is 26.9. The number of ether oxygens (including phenoxy) is 2. The lowest BCUT2D eigenvalue weighted by atomic mass is 9.99. The van der Waals surface area contributed by atoms with Crippen LogP contribution in [0.3, 0.4) is 0 Å². The molecule has 0 radical (unpaired) electrons. The van der Waals surface area contributed by atoms with Gasteiger partial charge in [0, 0.05) is 0 Å². The van der Waals surface area contributed by atoms with E-state index in [1.54, 1.807) is 6.92 Å². The first-order valence-electron chi connectivity index (χ1n) is 4.66. The second-order valence-corrected chi connectivity index (χ2v) is 3.19. The van der Waals surface area contributed by atoms with Crippen molar-refractivity contribution < 1.29 is 24.2 Å². The molecule has 0 aromatic rings. The first-order valence-corrected chi connectivity index (χ1v) is 4.66. The van der Waals surface area contributed by atoms with Crippen molar-refractivity contribution in [3.8, 4) is 0 Å². The fourth-order valence-electron chi connectivity index (χ4n) is 1.39. The smallest absolute Gasteiger partial charge is 0.332 e. The Morgan fingerprint density at radius 2 is 2.21 bits per heavy atom. The highest BCUT2D eigenvalue weighted by Crippen LogP contribution is 2.20. The van der Waals surface area contributed by atoms with Gasteiger partial charge >= 0.3 is 11.9 Å². The Balaban J connectivity index is 2.35. The maximum absolute atomic E-state index is 11.2. The Labute approximate surface area is 82.0 Å². The Hall–Kier alpha value is -1.10. The van der Waals surface area contributed by atoms with E-state index in [0.29, 0.717) is 19.4 Å². The SMILES string of the molecule is CCOC(=O)[C@@H]1CC[C@@H](C(=O)O)OC1. The zero-order valence-corrected chi connectivity index (χ0v) is 8.06. The molecule has 0 saturated carbocycles. The Kier molecular flexibility index (Phi) is 3.88. The van der Waals surface area contributed by atoms with Crippen molar-refractivity contribution in [2.45, 2.75) is 25.9 Å². The summed E-state index contributed by atoms with van der Waals surface area (Å²) >= 11 is 0. The van der Waals surface area contributed by atoms with Crippen LogP contribution in [0.1, 0.15) is 19.8 Å². The zero-order chi connectivity index (χ0) is 10.6. The first-order chi connectivity index (χ1) is 6.65. The minimum absolute atomic E-state index is 0.149. The van der Waals surface area contributed by atoms with Gasteiger partial charge in [0.2, 0.25) is 0 Å². The van der Waals surface area contributed by atoms with E-state index in [-0.39, 0.29) is 18.5 Å². The van der Waals surface area contributed by atoms with Gasteiger partial charge in [-0.05, 0) is 19.8 Å². The molecule has 0 unspecified atom stereocenters. The molecule has 1 heterocycles. The maximum atomic E-state index is 11.2. The predicted molar refractivity (Wildman–Crippen MR) is 46.7 cm³/mol. The molecule has 1 saturated heterocycles. The van der Waals surface area contributed by atoms with E-state index in [1.165, 1.54) is 0 Å². The van der Waals surface area contributed by atoms with E-state index in [4.69, 9.17) is 14.6 Å². The molecule has 1 aliphatic heterocycles. The zero-order valence-electron chi connectivity index (χ0n) is 8.06. The lowest BCUT2D eigenvalue weighted by Crippen LogP contribution is -2.35. The van der Waals surface area contributed by atoms with E-state index in [0.717, 1.165) is 0 Å². The van der Waals surface area contributed by atoms with Crippen molar-refractivity contribution in [3.63, 3.8) is 0 Å². The van der Waals surface area contributed by atoms with Crippen LogP contribution in [0, 0.1) is 5.92 Å². The molecule has 80 valence electrons. The van der Waals surface area contributed by atoms with Gasteiger partial charge in [-0.1, -0.05) is 0 Å². The van der Waals surface area contributed by atoms with Gasteiger partial charge in [-0.3, -0.25) is 4.79 Å². The fraction of sp³-hybridized carbons (Fsp3) is 0.778. The molecule has 0 spiro atoms. The number of hydrogen-bond acceptors (Lipinski definition) is 4. The highest BCUT2D eigenvalue weighted by Gasteiger charge is 2.31. The van der Waals surface area contributed by atoms with Crippen LogP contribution in [-0.4, -0.2) is 36.4 Å². The second kappa shape index (κ2) is 4.95. The number of hydrogen-bond donors (Lipinski definition) is 1. The third-order valence-electron chi connectivity index (χ3n) is 2.17. The number of carboxylic acids is 1. The van der Waals surface area contributed by atoms with E-state index in [9.17, 15) is 9.59 Å². The Morgan fingerprint density at radius 3 is 2.64 bits per heavy atom. The summed E-state index contributed by atoms with van der Waals surface area (Å²) in [6, 6.07) is 0. The highest BCUT2D eigenvalue weighted by atomic mass is 16.5. The summed E-state index contributed by atoms with van der Waals surface area (Å²) in [6.07, 6.45) is 0.134. The van der Waals surface area contributed by atoms with Gasteiger partial charge in [-0.2, -0.15) is 0 Å². The van der Waals surface area contributed by atoms with Crippen molar-refractivity contribution in [2.75, 3.05) is 13.2 Å². The number of rotatable bonds is 3. The van der Waals surface area contributed by atoms with Crippen LogP contribution in [0.25, 0.3) is 0 Å². The summed E-state index contributed by atoms with van der Waals surface area (Å²) < 4.78 is 9.83. The summed E-state index contributed by atoms with van der Waals surface area (Å²) in [5, 5.41) is 8.63. The van der Waals surface area contributed by atoms with E-state index in [2.05, 4.69) is 0 Å². The van der Waals surface area contributed by atoms with Gasteiger partial charge < -0.3 is 14.6 Å². The number of aliphatic carboxylic acids is 1. The molecular weight excluding hydrogens is 188 g/mol. The molecular formula is C9H14O5. The van der Waals surface area contributed by atoms with Crippen LogP contribution < -0.4 is 0 Å². The topological polar surface area (TPSA) is 72.8 Å². The monoisotopic (exact) mass is 202 g/mol. The van der Waals surface area contributed by atoms with Crippen molar-refractivity contribution in [1.82, 2.24) is 0 Å². The second-order valence-electron chi connectivity index (χ2n) is 3.19. The largest absolute Gasteiger partial charge is 0.479 e.